The molecule has 0 bridgehead atoms. The summed E-state index contributed by atoms with van der Waals surface area (Å²) in [4.78, 5) is 7.35. The van der Waals surface area contributed by atoms with Gasteiger partial charge in [-0.2, -0.15) is 0 Å². The standard InChI is InChI=1S/C16H15ClN2S.ClH/c1-10-8-13(11(2)20-10)15-14(17)9-18-16(19-15)12-6-4-3-5-7-12;/h3-9,15H,1-2H3,(H,18,19);1H. The van der Waals surface area contributed by atoms with E-state index in [0.717, 1.165) is 16.4 Å². The fourth-order valence-corrected chi connectivity index (χ4v) is 3.52. The molecule has 1 aromatic carbocycles. The second-order valence-corrected chi connectivity index (χ2v) is 6.69. The Morgan fingerprint density at radius 3 is 2.52 bits per heavy atom. The van der Waals surface area contributed by atoms with Crippen LogP contribution in [-0.2, 0) is 0 Å². The maximum atomic E-state index is 6.35. The third kappa shape index (κ3) is 3.31. The number of hydrogen-bond donors (Lipinski definition) is 1. The molecule has 0 fully saturated rings. The van der Waals surface area contributed by atoms with E-state index in [4.69, 9.17) is 16.6 Å². The molecule has 0 saturated carbocycles. The molecule has 5 heteroatoms. The number of aryl methyl sites for hydroxylation is 2. The van der Waals surface area contributed by atoms with Crippen molar-refractivity contribution in [3.63, 3.8) is 0 Å². The molecular formula is C16H16Cl2N2S. The van der Waals surface area contributed by atoms with Gasteiger partial charge < -0.3 is 5.32 Å². The van der Waals surface area contributed by atoms with Gasteiger partial charge in [0.05, 0.1) is 5.03 Å². The Bertz CT molecular complexity index is 690. The van der Waals surface area contributed by atoms with Crippen LogP contribution in [0.1, 0.15) is 26.9 Å². The summed E-state index contributed by atoms with van der Waals surface area (Å²) in [5.41, 5.74) is 2.27. The fraction of sp³-hybridized carbons (Fsp3) is 0.188. The Hall–Kier alpha value is -1.29. The lowest BCUT2D eigenvalue weighted by Gasteiger charge is -2.20. The first kappa shape index (κ1) is 16.1. The molecular weight excluding hydrogens is 323 g/mol. The molecule has 0 spiro atoms. The van der Waals surface area contributed by atoms with Crippen LogP contribution in [0, 0.1) is 13.8 Å². The molecule has 0 radical (unpaired) electrons. The van der Waals surface area contributed by atoms with E-state index < -0.39 is 0 Å². The molecule has 2 nitrogen and oxygen atoms in total. The van der Waals surface area contributed by atoms with Crippen molar-refractivity contribution >= 4 is 41.2 Å². The number of rotatable bonds is 2. The van der Waals surface area contributed by atoms with Gasteiger partial charge in [0, 0.05) is 21.5 Å². The zero-order valence-corrected chi connectivity index (χ0v) is 14.1. The number of halogens is 2. The third-order valence-electron chi connectivity index (χ3n) is 3.29. The maximum Gasteiger partial charge on any atom is 0.133 e. The molecule has 1 unspecified atom stereocenters. The average Bonchev–Trinajstić information content (AvgIpc) is 2.79. The topological polar surface area (TPSA) is 24.4 Å². The Morgan fingerprint density at radius 2 is 1.90 bits per heavy atom. The first-order valence-corrected chi connectivity index (χ1v) is 7.67. The summed E-state index contributed by atoms with van der Waals surface area (Å²) in [6, 6.07) is 12.2. The summed E-state index contributed by atoms with van der Waals surface area (Å²) in [5, 5.41) is 3.90. The Labute approximate surface area is 140 Å². The molecule has 1 N–H and O–H groups in total. The molecule has 1 aliphatic heterocycles. The van der Waals surface area contributed by atoms with Crippen LogP contribution in [0.25, 0.3) is 0 Å². The van der Waals surface area contributed by atoms with E-state index in [2.05, 4.69) is 25.2 Å². The van der Waals surface area contributed by atoms with E-state index in [1.807, 2.05) is 36.5 Å². The smallest absolute Gasteiger partial charge is 0.133 e. The Morgan fingerprint density at radius 1 is 1.19 bits per heavy atom. The van der Waals surface area contributed by atoms with Gasteiger partial charge in [0.15, 0.2) is 0 Å². The Balaban J connectivity index is 0.00000161. The Kier molecular flexibility index (Phi) is 5.09. The van der Waals surface area contributed by atoms with Crippen LogP contribution in [0.2, 0.25) is 0 Å². The normalized spacial score (nSPS) is 17.4. The van der Waals surface area contributed by atoms with Crippen molar-refractivity contribution in [1.82, 2.24) is 5.32 Å². The lowest BCUT2D eigenvalue weighted by atomic mass is 10.1. The van der Waals surface area contributed by atoms with E-state index in [1.165, 1.54) is 15.3 Å². The number of benzene rings is 1. The van der Waals surface area contributed by atoms with Crippen LogP contribution in [-0.4, -0.2) is 5.84 Å². The first-order valence-electron chi connectivity index (χ1n) is 6.47. The van der Waals surface area contributed by atoms with Crippen molar-refractivity contribution in [2.24, 2.45) is 4.99 Å². The minimum Gasteiger partial charge on any atom is -0.345 e. The van der Waals surface area contributed by atoms with Crippen molar-refractivity contribution in [3.8, 4) is 0 Å². The highest BCUT2D eigenvalue weighted by molar-refractivity contribution is 7.12. The number of nitrogens with one attached hydrogen (secondary N) is 1. The second kappa shape index (κ2) is 6.65. The number of nitrogens with zero attached hydrogens (tertiary/aromatic N) is 1. The highest BCUT2D eigenvalue weighted by atomic mass is 35.5. The van der Waals surface area contributed by atoms with Gasteiger partial charge in [0.25, 0.3) is 0 Å². The molecule has 0 aliphatic carbocycles. The van der Waals surface area contributed by atoms with Crippen LogP contribution in [0.4, 0.5) is 0 Å². The van der Waals surface area contributed by atoms with Gasteiger partial charge in [-0.1, -0.05) is 41.9 Å². The lowest BCUT2D eigenvalue weighted by molar-refractivity contribution is 0.852. The largest absolute Gasteiger partial charge is 0.345 e. The zero-order valence-electron chi connectivity index (χ0n) is 11.8. The number of thiophene rings is 1. The van der Waals surface area contributed by atoms with E-state index in [0.29, 0.717) is 0 Å². The van der Waals surface area contributed by atoms with Gasteiger partial charge in [-0.3, -0.25) is 4.99 Å². The van der Waals surface area contributed by atoms with Crippen LogP contribution >= 0.6 is 35.3 Å². The summed E-state index contributed by atoms with van der Waals surface area (Å²) >= 11 is 8.13. The van der Waals surface area contributed by atoms with Crippen molar-refractivity contribution < 1.29 is 0 Å². The number of amidine groups is 1. The van der Waals surface area contributed by atoms with Crippen molar-refractivity contribution in [1.29, 1.82) is 0 Å². The molecule has 110 valence electrons. The molecule has 0 saturated heterocycles. The molecule has 2 aromatic rings. The quantitative estimate of drug-likeness (QED) is 0.822. The highest BCUT2D eigenvalue weighted by Crippen LogP contribution is 2.36. The summed E-state index contributed by atoms with van der Waals surface area (Å²) in [6.45, 7) is 4.23. The van der Waals surface area contributed by atoms with Gasteiger partial charge >= 0.3 is 0 Å². The highest BCUT2D eigenvalue weighted by Gasteiger charge is 2.22. The molecule has 1 aromatic heterocycles. The maximum absolute atomic E-state index is 6.35. The number of aliphatic imine (C=N–C) groups is 1. The van der Waals surface area contributed by atoms with Crippen molar-refractivity contribution in [2.45, 2.75) is 19.9 Å². The summed E-state index contributed by atoms with van der Waals surface area (Å²) in [5.74, 6) is 0.864. The summed E-state index contributed by atoms with van der Waals surface area (Å²) in [7, 11) is 0. The van der Waals surface area contributed by atoms with E-state index >= 15 is 0 Å². The minimum absolute atomic E-state index is 0. The predicted octanol–water partition coefficient (Wildman–Crippen LogP) is 4.96. The summed E-state index contributed by atoms with van der Waals surface area (Å²) in [6.07, 6.45) is 1.84. The monoisotopic (exact) mass is 338 g/mol. The molecule has 3 rings (SSSR count). The molecule has 2 heterocycles. The van der Waals surface area contributed by atoms with E-state index in [1.54, 1.807) is 11.3 Å². The van der Waals surface area contributed by atoms with Gasteiger partial charge in [-0.05, 0) is 25.5 Å². The summed E-state index contributed by atoms with van der Waals surface area (Å²) < 4.78 is 0. The predicted molar refractivity (Wildman–Crippen MR) is 93.8 cm³/mol. The van der Waals surface area contributed by atoms with E-state index in [-0.39, 0.29) is 18.4 Å². The number of hydrogen-bond acceptors (Lipinski definition) is 3. The van der Waals surface area contributed by atoms with Crippen molar-refractivity contribution in [2.75, 3.05) is 0 Å². The molecule has 0 amide bonds. The molecule has 1 atom stereocenters. The van der Waals surface area contributed by atoms with Gasteiger partial charge in [-0.25, -0.2) is 0 Å². The van der Waals surface area contributed by atoms with Crippen LogP contribution in [0.5, 0.6) is 0 Å². The lowest BCUT2D eigenvalue weighted by Crippen LogP contribution is -2.24. The van der Waals surface area contributed by atoms with Gasteiger partial charge in [0.2, 0.25) is 0 Å². The van der Waals surface area contributed by atoms with Gasteiger partial charge in [-0.15, -0.1) is 23.7 Å². The first-order chi connectivity index (χ1) is 9.65. The van der Waals surface area contributed by atoms with Crippen LogP contribution in [0.3, 0.4) is 0 Å². The van der Waals surface area contributed by atoms with Crippen LogP contribution in [0.15, 0.2) is 52.6 Å². The van der Waals surface area contributed by atoms with E-state index in [9.17, 15) is 0 Å². The molecule has 1 aliphatic rings. The zero-order chi connectivity index (χ0) is 14.1. The van der Waals surface area contributed by atoms with Crippen LogP contribution < -0.4 is 5.32 Å². The second-order valence-electron chi connectivity index (χ2n) is 4.79. The SMILES string of the molecule is Cc1cc(C2N=C(c3ccccc3)NC=C2Cl)c(C)s1.Cl. The van der Waals surface area contributed by atoms with Crippen molar-refractivity contribution in [3.05, 3.63) is 68.5 Å². The van der Waals surface area contributed by atoms with Gasteiger partial charge in [0.1, 0.15) is 11.9 Å². The minimum atomic E-state index is -0.0990. The average molecular weight is 339 g/mol. The third-order valence-corrected chi connectivity index (χ3v) is 4.58. The fourth-order valence-electron chi connectivity index (χ4n) is 2.34. The molecule has 21 heavy (non-hydrogen) atoms.